The highest BCUT2D eigenvalue weighted by Crippen LogP contribution is 2.34. The van der Waals surface area contributed by atoms with Crippen LogP contribution in [0.15, 0.2) is 48.1 Å². The number of benzene rings is 1. The van der Waals surface area contributed by atoms with E-state index in [9.17, 15) is 9.18 Å². The lowest BCUT2D eigenvalue weighted by Crippen LogP contribution is -2.24. The van der Waals surface area contributed by atoms with Gasteiger partial charge in [0, 0.05) is 12.0 Å². The molecule has 0 radical (unpaired) electrons. The first-order chi connectivity index (χ1) is 8.56. The molecule has 0 saturated carbocycles. The summed E-state index contributed by atoms with van der Waals surface area (Å²) in [5.41, 5.74) is -1.16. The number of nitrogens with zero attached hydrogens (tertiary/aromatic N) is 1. The van der Waals surface area contributed by atoms with Gasteiger partial charge in [-0.05, 0) is 17.2 Å². The van der Waals surface area contributed by atoms with Gasteiger partial charge in [-0.25, -0.2) is 9.18 Å². The van der Waals surface area contributed by atoms with Crippen LogP contribution >= 0.6 is 0 Å². The molecule has 4 heteroatoms. The van der Waals surface area contributed by atoms with Crippen LogP contribution in [0.25, 0.3) is 5.57 Å². The molecule has 1 unspecified atom stereocenters. The fraction of sp³-hybridized carbons (Fsp3) is 0.143. The van der Waals surface area contributed by atoms with Gasteiger partial charge in [-0.1, -0.05) is 36.4 Å². The van der Waals surface area contributed by atoms with Crippen molar-refractivity contribution in [2.24, 2.45) is 0 Å². The van der Waals surface area contributed by atoms with Gasteiger partial charge in [0.25, 0.3) is 0 Å². The zero-order chi connectivity index (χ0) is 13.2. The SMILES string of the molecule is N#CC1(F)C=CC(c2ccccc2)=C(C(=O)O)C1. The summed E-state index contributed by atoms with van der Waals surface area (Å²) in [4.78, 5) is 11.2. The Morgan fingerprint density at radius 3 is 2.61 bits per heavy atom. The molecular formula is C14H10FNO2. The number of aliphatic carboxylic acids is 1. The first kappa shape index (κ1) is 12.1. The zero-order valence-electron chi connectivity index (χ0n) is 9.43. The number of carbonyl (C=O) groups is 1. The zero-order valence-corrected chi connectivity index (χ0v) is 9.43. The van der Waals surface area contributed by atoms with Crippen molar-refractivity contribution >= 4 is 11.5 Å². The van der Waals surface area contributed by atoms with E-state index in [0.717, 1.165) is 6.08 Å². The lowest BCUT2D eigenvalue weighted by atomic mass is 9.85. The average molecular weight is 243 g/mol. The maximum absolute atomic E-state index is 13.9. The van der Waals surface area contributed by atoms with Gasteiger partial charge in [-0.15, -0.1) is 0 Å². The number of halogens is 1. The molecule has 1 aromatic carbocycles. The van der Waals surface area contributed by atoms with E-state index in [4.69, 9.17) is 10.4 Å². The van der Waals surface area contributed by atoms with Crippen molar-refractivity contribution in [3.8, 4) is 6.07 Å². The minimum absolute atomic E-state index is 0.0762. The molecule has 1 N–H and O–H groups in total. The van der Waals surface area contributed by atoms with Crippen molar-refractivity contribution in [3.05, 3.63) is 53.6 Å². The van der Waals surface area contributed by atoms with E-state index < -0.39 is 18.1 Å². The van der Waals surface area contributed by atoms with E-state index in [1.807, 2.05) is 6.07 Å². The number of rotatable bonds is 2. The van der Waals surface area contributed by atoms with Gasteiger partial charge >= 0.3 is 5.97 Å². The standard InChI is InChI=1S/C14H10FNO2/c15-14(9-16)7-6-11(12(8-14)13(17)18)10-4-2-1-3-5-10/h1-7H,8H2,(H,17,18). The predicted octanol–water partition coefficient (Wildman–Crippen LogP) is 2.72. The van der Waals surface area contributed by atoms with Crippen LogP contribution in [0, 0.1) is 11.3 Å². The largest absolute Gasteiger partial charge is 0.478 e. The Morgan fingerprint density at radius 2 is 2.06 bits per heavy atom. The maximum atomic E-state index is 13.9. The molecule has 1 atom stereocenters. The Hall–Kier alpha value is -2.41. The molecule has 1 aliphatic carbocycles. The van der Waals surface area contributed by atoms with Crippen LogP contribution < -0.4 is 0 Å². The topological polar surface area (TPSA) is 61.1 Å². The van der Waals surface area contributed by atoms with Crippen molar-refractivity contribution in [2.75, 3.05) is 0 Å². The van der Waals surface area contributed by atoms with Crippen molar-refractivity contribution in [3.63, 3.8) is 0 Å². The molecule has 0 heterocycles. The van der Waals surface area contributed by atoms with Crippen molar-refractivity contribution in [1.29, 1.82) is 5.26 Å². The summed E-state index contributed by atoms with van der Waals surface area (Å²) in [5, 5.41) is 17.8. The van der Waals surface area contributed by atoms with Crippen LogP contribution in [0.5, 0.6) is 0 Å². The highest BCUT2D eigenvalue weighted by Gasteiger charge is 2.34. The third-order valence-electron chi connectivity index (χ3n) is 2.80. The van der Waals surface area contributed by atoms with Crippen LogP contribution in [0.4, 0.5) is 4.39 Å². The van der Waals surface area contributed by atoms with Gasteiger partial charge < -0.3 is 5.11 Å². The van der Waals surface area contributed by atoms with Crippen LogP contribution in [-0.2, 0) is 4.79 Å². The van der Waals surface area contributed by atoms with E-state index in [0.29, 0.717) is 11.1 Å². The third kappa shape index (κ3) is 2.16. The fourth-order valence-corrected chi connectivity index (χ4v) is 1.88. The van der Waals surface area contributed by atoms with E-state index in [2.05, 4.69) is 0 Å². The number of hydrogen-bond acceptors (Lipinski definition) is 2. The van der Waals surface area contributed by atoms with Crippen molar-refractivity contribution in [1.82, 2.24) is 0 Å². The number of nitriles is 1. The van der Waals surface area contributed by atoms with Gasteiger partial charge in [0.15, 0.2) is 0 Å². The molecule has 0 fully saturated rings. The van der Waals surface area contributed by atoms with Crippen LogP contribution in [-0.4, -0.2) is 16.7 Å². The van der Waals surface area contributed by atoms with E-state index in [1.54, 1.807) is 24.3 Å². The first-order valence-corrected chi connectivity index (χ1v) is 5.37. The molecule has 90 valence electrons. The molecule has 0 bridgehead atoms. The molecule has 0 spiro atoms. The monoisotopic (exact) mass is 243 g/mol. The van der Waals surface area contributed by atoms with E-state index in [1.165, 1.54) is 12.1 Å². The summed E-state index contributed by atoms with van der Waals surface area (Å²) in [6.45, 7) is 0. The highest BCUT2D eigenvalue weighted by atomic mass is 19.1. The van der Waals surface area contributed by atoms with Gasteiger partial charge in [-0.2, -0.15) is 5.26 Å². The molecule has 0 amide bonds. The minimum atomic E-state index is -2.23. The summed E-state index contributed by atoms with van der Waals surface area (Å²) in [7, 11) is 0. The number of alkyl halides is 1. The molecule has 18 heavy (non-hydrogen) atoms. The van der Waals surface area contributed by atoms with Crippen LogP contribution in [0.3, 0.4) is 0 Å². The Bertz CT molecular complexity index is 584. The molecule has 1 aromatic rings. The predicted molar refractivity (Wildman–Crippen MR) is 64.2 cm³/mol. The summed E-state index contributed by atoms with van der Waals surface area (Å²) >= 11 is 0. The fourth-order valence-electron chi connectivity index (χ4n) is 1.88. The second kappa shape index (κ2) is 4.46. The van der Waals surface area contributed by atoms with E-state index in [-0.39, 0.29) is 5.57 Å². The first-order valence-electron chi connectivity index (χ1n) is 5.37. The average Bonchev–Trinajstić information content (AvgIpc) is 2.39. The lowest BCUT2D eigenvalue weighted by molar-refractivity contribution is -0.133. The number of carboxylic acids is 1. The van der Waals surface area contributed by atoms with Crippen LogP contribution in [0.2, 0.25) is 0 Å². The Labute approximate surface area is 103 Å². The Morgan fingerprint density at radius 1 is 1.39 bits per heavy atom. The maximum Gasteiger partial charge on any atom is 0.332 e. The summed E-state index contributed by atoms with van der Waals surface area (Å²) in [6.07, 6.45) is 2.05. The summed E-state index contributed by atoms with van der Waals surface area (Å²) in [5.74, 6) is -1.20. The molecule has 0 aromatic heterocycles. The van der Waals surface area contributed by atoms with E-state index >= 15 is 0 Å². The normalized spacial score (nSPS) is 22.7. The molecule has 1 aliphatic rings. The van der Waals surface area contributed by atoms with Gasteiger partial charge in [0.05, 0.1) is 0 Å². The second-order valence-corrected chi connectivity index (χ2v) is 4.05. The second-order valence-electron chi connectivity index (χ2n) is 4.05. The molecule has 0 saturated heterocycles. The van der Waals surface area contributed by atoms with Crippen molar-refractivity contribution < 1.29 is 14.3 Å². The van der Waals surface area contributed by atoms with Gasteiger partial charge in [0.1, 0.15) is 6.07 Å². The minimum Gasteiger partial charge on any atom is -0.478 e. The Kier molecular flexibility index (Phi) is 2.99. The lowest BCUT2D eigenvalue weighted by Gasteiger charge is -2.20. The molecule has 2 rings (SSSR count). The number of allylic oxidation sites excluding steroid dienone is 3. The van der Waals surface area contributed by atoms with Gasteiger partial charge in [-0.3, -0.25) is 0 Å². The smallest absolute Gasteiger partial charge is 0.332 e. The van der Waals surface area contributed by atoms with Crippen molar-refractivity contribution in [2.45, 2.75) is 12.1 Å². The summed E-state index contributed by atoms with van der Waals surface area (Å²) < 4.78 is 13.9. The molecular weight excluding hydrogens is 233 g/mol. The highest BCUT2D eigenvalue weighted by molar-refractivity contribution is 6.00. The molecule has 0 aliphatic heterocycles. The quantitative estimate of drug-likeness (QED) is 0.868. The number of hydrogen-bond donors (Lipinski definition) is 1. The Balaban J connectivity index is 2.52. The molecule has 3 nitrogen and oxygen atoms in total. The van der Waals surface area contributed by atoms with Crippen LogP contribution in [0.1, 0.15) is 12.0 Å². The third-order valence-corrected chi connectivity index (χ3v) is 2.80. The summed E-state index contributed by atoms with van der Waals surface area (Å²) in [6, 6.07) is 10.3. The number of carboxylic acid groups (broad SMARTS) is 1. The van der Waals surface area contributed by atoms with Gasteiger partial charge in [0.2, 0.25) is 5.67 Å².